The molecule has 1 fully saturated rings. The van der Waals surface area contributed by atoms with Gasteiger partial charge in [-0.15, -0.1) is 0 Å². The van der Waals surface area contributed by atoms with Crippen molar-refractivity contribution in [3.8, 4) is 0 Å². The second-order valence-corrected chi connectivity index (χ2v) is 8.62. The monoisotopic (exact) mass is 402 g/mol. The molecule has 154 valence electrons. The van der Waals surface area contributed by atoms with Gasteiger partial charge in [0.2, 0.25) is 5.91 Å². The van der Waals surface area contributed by atoms with Gasteiger partial charge in [-0.05, 0) is 44.0 Å². The van der Waals surface area contributed by atoms with E-state index in [-0.39, 0.29) is 17.9 Å². The summed E-state index contributed by atoms with van der Waals surface area (Å²) in [5, 5.41) is 4.24. The lowest BCUT2D eigenvalue weighted by Crippen LogP contribution is -2.64. The van der Waals surface area contributed by atoms with E-state index in [1.165, 1.54) is 0 Å². The van der Waals surface area contributed by atoms with Crippen LogP contribution in [0.2, 0.25) is 0 Å². The molecule has 1 aliphatic heterocycles. The van der Waals surface area contributed by atoms with Crippen LogP contribution < -0.4 is 5.32 Å². The van der Waals surface area contributed by atoms with Gasteiger partial charge in [0.05, 0.1) is 18.8 Å². The number of benzene rings is 1. The van der Waals surface area contributed by atoms with E-state index in [1.54, 1.807) is 11.1 Å². The minimum atomic E-state index is -0.994. The number of hydrogen-bond acceptors (Lipinski definition) is 3. The fourth-order valence-electron chi connectivity index (χ4n) is 4.82. The molecule has 1 saturated carbocycles. The lowest BCUT2D eigenvalue weighted by molar-refractivity contribution is -0.133. The molecule has 6 heteroatoms. The van der Waals surface area contributed by atoms with E-state index < -0.39 is 5.54 Å². The summed E-state index contributed by atoms with van der Waals surface area (Å²) in [6, 6.07) is 15.7. The Kier molecular flexibility index (Phi) is 4.57. The number of pyridine rings is 1. The minimum absolute atomic E-state index is 0.0814. The SMILES string of the molecule is C[C@@]1(C(=O)NC2CCCC2)Cn2c(cc3ccccc32)C(=O)N1Cc1ccccn1. The second-order valence-electron chi connectivity index (χ2n) is 8.62. The Balaban J connectivity index is 1.57. The summed E-state index contributed by atoms with van der Waals surface area (Å²) < 4.78 is 2.00. The zero-order valence-electron chi connectivity index (χ0n) is 17.2. The second kappa shape index (κ2) is 7.27. The highest BCUT2D eigenvalue weighted by molar-refractivity contribution is 6.03. The smallest absolute Gasteiger partial charge is 0.271 e. The summed E-state index contributed by atoms with van der Waals surface area (Å²) in [5.74, 6) is -0.214. The zero-order chi connectivity index (χ0) is 20.7. The van der Waals surface area contributed by atoms with Gasteiger partial charge in [0.1, 0.15) is 11.2 Å². The maximum absolute atomic E-state index is 13.6. The summed E-state index contributed by atoms with van der Waals surface area (Å²) in [4.78, 5) is 33.3. The zero-order valence-corrected chi connectivity index (χ0v) is 17.2. The van der Waals surface area contributed by atoms with Gasteiger partial charge in [0, 0.05) is 23.1 Å². The molecule has 0 radical (unpaired) electrons. The van der Waals surface area contributed by atoms with E-state index in [9.17, 15) is 9.59 Å². The molecule has 2 aliphatic rings. The van der Waals surface area contributed by atoms with Crippen molar-refractivity contribution >= 4 is 22.7 Å². The fourth-order valence-corrected chi connectivity index (χ4v) is 4.82. The Bertz CT molecular complexity index is 1100. The number of amides is 2. The van der Waals surface area contributed by atoms with Gasteiger partial charge in [0.25, 0.3) is 5.91 Å². The summed E-state index contributed by atoms with van der Waals surface area (Å²) in [6.07, 6.45) is 6.02. The minimum Gasteiger partial charge on any atom is -0.351 e. The van der Waals surface area contributed by atoms with Crippen molar-refractivity contribution in [2.24, 2.45) is 0 Å². The molecule has 1 aliphatic carbocycles. The maximum atomic E-state index is 13.6. The average molecular weight is 402 g/mol. The van der Waals surface area contributed by atoms with Crippen LogP contribution in [0.15, 0.2) is 54.7 Å². The van der Waals surface area contributed by atoms with E-state index in [4.69, 9.17) is 0 Å². The van der Waals surface area contributed by atoms with Gasteiger partial charge in [-0.2, -0.15) is 0 Å². The average Bonchev–Trinajstić information content (AvgIpc) is 3.40. The van der Waals surface area contributed by atoms with Crippen molar-refractivity contribution < 1.29 is 9.59 Å². The van der Waals surface area contributed by atoms with Gasteiger partial charge >= 0.3 is 0 Å². The topological polar surface area (TPSA) is 67.2 Å². The first kappa shape index (κ1) is 18.9. The van der Waals surface area contributed by atoms with Crippen molar-refractivity contribution in [2.75, 3.05) is 0 Å². The van der Waals surface area contributed by atoms with Gasteiger partial charge in [-0.3, -0.25) is 14.6 Å². The number of nitrogens with one attached hydrogen (secondary N) is 1. The first-order valence-corrected chi connectivity index (χ1v) is 10.7. The number of hydrogen-bond donors (Lipinski definition) is 1. The van der Waals surface area contributed by atoms with Gasteiger partial charge in [-0.25, -0.2) is 0 Å². The number of aromatic nitrogens is 2. The molecule has 0 bridgehead atoms. The number of para-hydroxylation sites is 1. The van der Waals surface area contributed by atoms with Crippen LogP contribution in [0.4, 0.5) is 0 Å². The molecule has 3 heterocycles. The third kappa shape index (κ3) is 3.07. The molecule has 30 heavy (non-hydrogen) atoms. The molecule has 1 N–H and O–H groups in total. The summed E-state index contributed by atoms with van der Waals surface area (Å²) in [7, 11) is 0. The number of carbonyl (C=O) groups excluding carboxylic acids is 2. The molecule has 0 saturated heterocycles. The fraction of sp³-hybridized carbons (Fsp3) is 0.375. The Labute approximate surface area is 175 Å². The maximum Gasteiger partial charge on any atom is 0.271 e. The van der Waals surface area contributed by atoms with Crippen molar-refractivity contribution in [3.63, 3.8) is 0 Å². The van der Waals surface area contributed by atoms with Crippen LogP contribution >= 0.6 is 0 Å². The van der Waals surface area contributed by atoms with Crippen LogP contribution in [0, 0.1) is 0 Å². The first-order valence-electron chi connectivity index (χ1n) is 10.7. The van der Waals surface area contributed by atoms with Gasteiger partial charge in [0.15, 0.2) is 0 Å². The molecule has 0 spiro atoms. The van der Waals surface area contributed by atoms with Crippen molar-refractivity contribution in [1.29, 1.82) is 0 Å². The third-order valence-corrected chi connectivity index (χ3v) is 6.56. The van der Waals surface area contributed by atoms with E-state index >= 15 is 0 Å². The predicted molar refractivity (Wildman–Crippen MR) is 115 cm³/mol. The van der Waals surface area contributed by atoms with E-state index in [0.717, 1.165) is 42.3 Å². The molecule has 6 nitrogen and oxygen atoms in total. The molecule has 2 aromatic heterocycles. The molecule has 5 rings (SSSR count). The molecule has 1 aromatic carbocycles. The van der Waals surface area contributed by atoms with Crippen LogP contribution in [-0.4, -0.2) is 37.8 Å². The van der Waals surface area contributed by atoms with E-state index in [0.29, 0.717) is 18.8 Å². The largest absolute Gasteiger partial charge is 0.351 e. The number of nitrogens with zero attached hydrogens (tertiary/aromatic N) is 3. The van der Waals surface area contributed by atoms with Gasteiger partial charge in [-0.1, -0.05) is 37.1 Å². The number of fused-ring (bicyclic) bond motifs is 3. The molecule has 3 aromatic rings. The molecule has 0 unspecified atom stereocenters. The first-order chi connectivity index (χ1) is 14.6. The lowest BCUT2D eigenvalue weighted by atomic mass is 9.93. The summed E-state index contributed by atoms with van der Waals surface area (Å²) in [6.45, 7) is 2.61. The van der Waals surface area contributed by atoms with Crippen LogP contribution in [0.25, 0.3) is 10.9 Å². The number of rotatable bonds is 4. The quantitative estimate of drug-likeness (QED) is 0.726. The van der Waals surface area contributed by atoms with Crippen LogP contribution in [0.3, 0.4) is 0 Å². The van der Waals surface area contributed by atoms with Crippen LogP contribution in [0.5, 0.6) is 0 Å². The molecule has 1 atom stereocenters. The lowest BCUT2D eigenvalue weighted by Gasteiger charge is -2.44. The Morgan fingerprint density at radius 3 is 2.70 bits per heavy atom. The number of carbonyl (C=O) groups is 2. The van der Waals surface area contributed by atoms with Crippen LogP contribution in [-0.2, 0) is 17.9 Å². The Morgan fingerprint density at radius 1 is 1.17 bits per heavy atom. The Morgan fingerprint density at radius 2 is 1.93 bits per heavy atom. The highest BCUT2D eigenvalue weighted by Crippen LogP contribution is 2.33. The van der Waals surface area contributed by atoms with Crippen molar-refractivity contribution in [3.05, 3.63) is 66.1 Å². The van der Waals surface area contributed by atoms with Gasteiger partial charge < -0.3 is 14.8 Å². The highest BCUT2D eigenvalue weighted by Gasteiger charge is 2.48. The van der Waals surface area contributed by atoms with E-state index in [1.807, 2.05) is 60.0 Å². The highest BCUT2D eigenvalue weighted by atomic mass is 16.2. The molecule has 2 amide bonds. The standard InChI is InChI=1S/C24H26N4O2/c1-24(23(30)26-18-9-3-4-10-18)16-27-20-12-5-2-8-17(20)14-21(27)22(29)28(24)15-19-11-6-7-13-25-19/h2,5-8,11-14,18H,3-4,9-10,15-16H2,1H3,(H,26,30)/t24-/m0/s1. The molecular weight excluding hydrogens is 376 g/mol. The van der Waals surface area contributed by atoms with Crippen molar-refractivity contribution in [1.82, 2.24) is 19.8 Å². The summed E-state index contributed by atoms with van der Waals surface area (Å²) >= 11 is 0. The Hall–Kier alpha value is -3.15. The van der Waals surface area contributed by atoms with Crippen molar-refractivity contribution in [2.45, 2.75) is 57.3 Å². The predicted octanol–water partition coefficient (Wildman–Crippen LogP) is 3.51. The van der Waals surface area contributed by atoms with Crippen LogP contribution in [0.1, 0.15) is 48.8 Å². The normalized spacial score (nSPS) is 21.8. The summed E-state index contributed by atoms with van der Waals surface area (Å²) in [5.41, 5.74) is 1.39. The molecular formula is C24H26N4O2. The third-order valence-electron chi connectivity index (χ3n) is 6.56. The van der Waals surface area contributed by atoms with E-state index in [2.05, 4.69) is 10.3 Å².